The molecule has 0 spiro atoms. The number of hydrogen-bond acceptors (Lipinski definition) is 6. The quantitative estimate of drug-likeness (QED) is 0.290. The van der Waals surface area contributed by atoms with Crippen LogP contribution in [0.1, 0.15) is 15.9 Å². The van der Waals surface area contributed by atoms with Gasteiger partial charge in [-0.25, -0.2) is 4.79 Å². The number of carbonyl (C=O) groups is 1. The highest BCUT2D eigenvalue weighted by Crippen LogP contribution is 2.40. The summed E-state index contributed by atoms with van der Waals surface area (Å²) in [4.78, 5) is 28.3. The summed E-state index contributed by atoms with van der Waals surface area (Å²) in [7, 11) is 4.56. The van der Waals surface area contributed by atoms with Gasteiger partial charge in [0, 0.05) is 17.3 Å². The van der Waals surface area contributed by atoms with Gasteiger partial charge in [0.15, 0.2) is 17.3 Å². The molecule has 0 bridgehead atoms. The molecule has 0 fully saturated rings. The number of hydrogen-bond donors (Lipinski definition) is 2. The van der Waals surface area contributed by atoms with Gasteiger partial charge >= 0.3 is 5.69 Å². The smallest absolute Gasteiger partial charge is 0.330 e. The van der Waals surface area contributed by atoms with Gasteiger partial charge in [0.25, 0.3) is 0 Å². The zero-order valence-electron chi connectivity index (χ0n) is 19.4. The number of nitrogens with zero attached hydrogens (tertiary/aromatic N) is 1. The first-order valence-electron chi connectivity index (χ1n) is 10.7. The van der Waals surface area contributed by atoms with Crippen molar-refractivity contribution in [3.63, 3.8) is 0 Å². The molecule has 0 saturated heterocycles. The Morgan fingerprint density at radius 1 is 0.943 bits per heavy atom. The minimum atomic E-state index is -0.367. The number of phenolic OH excluding ortho intramolecular Hbond substituents is 1. The summed E-state index contributed by atoms with van der Waals surface area (Å²) >= 11 is 0. The molecular weight excluding hydrogens is 448 g/mol. The Morgan fingerprint density at radius 3 is 2.31 bits per heavy atom. The fourth-order valence-electron chi connectivity index (χ4n) is 3.68. The lowest BCUT2D eigenvalue weighted by atomic mass is 10.1. The number of rotatable bonds is 8. The molecule has 2 N–H and O–H groups in total. The van der Waals surface area contributed by atoms with Crippen molar-refractivity contribution in [2.75, 3.05) is 21.3 Å². The van der Waals surface area contributed by atoms with E-state index in [-0.39, 0.29) is 17.2 Å². The number of aromatic amines is 1. The maximum atomic E-state index is 12.8. The third-order valence-corrected chi connectivity index (χ3v) is 5.40. The van der Waals surface area contributed by atoms with Crippen molar-refractivity contribution in [3.8, 4) is 39.9 Å². The van der Waals surface area contributed by atoms with Crippen molar-refractivity contribution in [1.82, 2.24) is 9.55 Å². The number of aromatic hydroxyl groups is 1. The Kier molecular flexibility index (Phi) is 6.73. The zero-order valence-corrected chi connectivity index (χ0v) is 19.4. The van der Waals surface area contributed by atoms with E-state index in [1.54, 1.807) is 72.9 Å². The van der Waals surface area contributed by atoms with Crippen molar-refractivity contribution in [3.05, 3.63) is 94.5 Å². The fourth-order valence-corrected chi connectivity index (χ4v) is 3.68. The van der Waals surface area contributed by atoms with E-state index in [9.17, 15) is 14.7 Å². The van der Waals surface area contributed by atoms with Crippen LogP contribution >= 0.6 is 0 Å². The van der Waals surface area contributed by atoms with E-state index in [2.05, 4.69) is 4.98 Å². The van der Waals surface area contributed by atoms with Crippen molar-refractivity contribution in [2.45, 2.75) is 0 Å². The van der Waals surface area contributed by atoms with Crippen molar-refractivity contribution >= 4 is 11.9 Å². The first-order chi connectivity index (χ1) is 16.9. The molecule has 35 heavy (non-hydrogen) atoms. The second kappa shape index (κ2) is 10.0. The average molecular weight is 472 g/mol. The van der Waals surface area contributed by atoms with Gasteiger partial charge in [0.1, 0.15) is 5.75 Å². The monoisotopic (exact) mass is 472 g/mol. The second-order valence-corrected chi connectivity index (χ2v) is 7.60. The van der Waals surface area contributed by atoms with E-state index in [4.69, 9.17) is 14.2 Å². The maximum absolute atomic E-state index is 12.8. The summed E-state index contributed by atoms with van der Waals surface area (Å²) in [5.41, 5.74) is 2.48. The third kappa shape index (κ3) is 4.96. The first kappa shape index (κ1) is 23.4. The van der Waals surface area contributed by atoms with Gasteiger partial charge in [-0.1, -0.05) is 30.3 Å². The third-order valence-electron chi connectivity index (χ3n) is 5.40. The molecule has 4 rings (SSSR count). The van der Waals surface area contributed by atoms with Crippen LogP contribution in [-0.4, -0.2) is 41.8 Å². The SMILES string of the molecule is COc1cc(-c2cn(-c3cccc(C(=O)/C=C/c4cccc(O)c4)c3)c(=O)[nH]2)cc(OC)c1OC. The second-order valence-electron chi connectivity index (χ2n) is 7.60. The number of ether oxygens (including phenoxy) is 3. The van der Waals surface area contributed by atoms with Crippen LogP contribution in [-0.2, 0) is 0 Å². The summed E-state index contributed by atoms with van der Waals surface area (Å²) in [5.74, 6) is 1.26. The Balaban J connectivity index is 1.66. The van der Waals surface area contributed by atoms with Crippen LogP contribution in [0, 0.1) is 0 Å². The van der Waals surface area contributed by atoms with Crippen molar-refractivity contribution in [2.24, 2.45) is 0 Å². The molecule has 0 saturated carbocycles. The minimum absolute atomic E-state index is 0.122. The van der Waals surface area contributed by atoms with E-state index in [1.165, 1.54) is 32.0 Å². The maximum Gasteiger partial charge on any atom is 0.330 e. The molecule has 0 aliphatic rings. The van der Waals surface area contributed by atoms with E-state index >= 15 is 0 Å². The lowest BCUT2D eigenvalue weighted by Gasteiger charge is -2.13. The minimum Gasteiger partial charge on any atom is -0.508 e. The lowest BCUT2D eigenvalue weighted by molar-refractivity contribution is 0.104. The predicted molar refractivity (Wildman–Crippen MR) is 133 cm³/mol. The number of benzene rings is 3. The molecule has 8 heteroatoms. The van der Waals surface area contributed by atoms with Crippen molar-refractivity contribution < 1.29 is 24.1 Å². The van der Waals surface area contributed by atoms with E-state index in [0.29, 0.717) is 45.3 Å². The van der Waals surface area contributed by atoms with Crippen LogP contribution < -0.4 is 19.9 Å². The molecule has 0 atom stereocenters. The van der Waals surface area contributed by atoms with E-state index < -0.39 is 0 Å². The van der Waals surface area contributed by atoms with Crippen molar-refractivity contribution in [1.29, 1.82) is 0 Å². The van der Waals surface area contributed by atoms with Gasteiger partial charge < -0.3 is 24.3 Å². The molecule has 1 aromatic heterocycles. The summed E-state index contributed by atoms with van der Waals surface area (Å²) in [6, 6.07) is 16.8. The molecule has 0 unspecified atom stereocenters. The number of nitrogens with one attached hydrogen (secondary N) is 1. The normalized spacial score (nSPS) is 10.9. The van der Waals surface area contributed by atoms with Gasteiger partial charge in [-0.05, 0) is 48.0 Å². The topological polar surface area (TPSA) is 103 Å². The molecule has 0 radical (unpaired) electrons. The molecule has 0 aliphatic carbocycles. The van der Waals surface area contributed by atoms with Crippen LogP contribution in [0.3, 0.4) is 0 Å². The van der Waals surface area contributed by atoms with Gasteiger partial charge in [-0.3, -0.25) is 9.36 Å². The van der Waals surface area contributed by atoms with Crippen LogP contribution in [0.5, 0.6) is 23.0 Å². The highest BCUT2D eigenvalue weighted by atomic mass is 16.5. The lowest BCUT2D eigenvalue weighted by Crippen LogP contribution is -2.14. The van der Waals surface area contributed by atoms with Gasteiger partial charge in [0.2, 0.25) is 5.75 Å². The Hall–Kier alpha value is -4.72. The van der Waals surface area contributed by atoms with Crippen LogP contribution in [0.15, 0.2) is 77.7 Å². The largest absolute Gasteiger partial charge is 0.508 e. The molecule has 1 heterocycles. The van der Waals surface area contributed by atoms with Gasteiger partial charge in [0.05, 0.1) is 32.7 Å². The van der Waals surface area contributed by atoms with Crippen LogP contribution in [0.25, 0.3) is 23.0 Å². The summed E-state index contributed by atoms with van der Waals surface area (Å²) in [6.45, 7) is 0. The Bertz CT molecular complexity index is 1440. The molecule has 0 aliphatic heterocycles. The molecule has 8 nitrogen and oxygen atoms in total. The fraction of sp³-hybridized carbons (Fsp3) is 0.111. The highest BCUT2D eigenvalue weighted by Gasteiger charge is 2.16. The summed E-state index contributed by atoms with van der Waals surface area (Å²) in [6.07, 6.45) is 4.70. The molecule has 3 aromatic carbocycles. The molecular formula is C27H24N2O6. The number of H-pyrrole nitrogens is 1. The molecule has 178 valence electrons. The first-order valence-corrected chi connectivity index (χ1v) is 10.7. The van der Waals surface area contributed by atoms with Crippen LogP contribution in [0.2, 0.25) is 0 Å². The Labute approximate surface area is 201 Å². The standard InChI is InChI=1S/C27H24N2O6/c1-33-24-14-19(15-25(34-2)26(24)35-3)22-16-29(27(32)28-22)20-8-5-7-18(13-20)23(31)11-10-17-6-4-9-21(30)12-17/h4-16,30H,1-3H3,(H,28,32)/b11-10+. The summed E-state index contributed by atoms with van der Waals surface area (Å²) < 4.78 is 17.6. The number of ketones is 1. The summed E-state index contributed by atoms with van der Waals surface area (Å²) in [5, 5.41) is 9.58. The number of phenols is 1. The number of aromatic nitrogens is 2. The highest BCUT2D eigenvalue weighted by molar-refractivity contribution is 6.07. The number of imidazole rings is 1. The number of carbonyl (C=O) groups excluding carboxylic acids is 1. The molecule has 4 aromatic rings. The predicted octanol–water partition coefficient (Wildman–Crippen LogP) is 4.46. The van der Waals surface area contributed by atoms with Crippen LogP contribution in [0.4, 0.5) is 0 Å². The van der Waals surface area contributed by atoms with Gasteiger partial charge in [-0.2, -0.15) is 0 Å². The average Bonchev–Trinajstić information content (AvgIpc) is 3.28. The number of methoxy groups -OCH3 is 3. The van der Waals surface area contributed by atoms with Gasteiger partial charge in [-0.15, -0.1) is 0 Å². The van der Waals surface area contributed by atoms with E-state index in [1.807, 2.05) is 0 Å². The Morgan fingerprint density at radius 2 is 1.66 bits per heavy atom. The van der Waals surface area contributed by atoms with E-state index in [0.717, 1.165) is 0 Å². The number of allylic oxidation sites excluding steroid dienone is 1. The zero-order chi connectivity index (χ0) is 24.9. The molecule has 0 amide bonds.